The summed E-state index contributed by atoms with van der Waals surface area (Å²) in [6, 6.07) is 13.6. The van der Waals surface area contributed by atoms with Gasteiger partial charge in [-0.05, 0) is 49.6 Å². The van der Waals surface area contributed by atoms with Crippen LogP contribution in [0.25, 0.3) is 0 Å². The van der Waals surface area contributed by atoms with E-state index in [2.05, 4.69) is 15.5 Å². The quantitative estimate of drug-likeness (QED) is 0.829. The maximum atomic E-state index is 13.5. The number of nitrogens with one attached hydrogen (secondary N) is 2. The summed E-state index contributed by atoms with van der Waals surface area (Å²) in [5.41, 5.74) is 2.00. The van der Waals surface area contributed by atoms with Gasteiger partial charge in [0.25, 0.3) is 0 Å². The van der Waals surface area contributed by atoms with Gasteiger partial charge in [0, 0.05) is 36.6 Å². The summed E-state index contributed by atoms with van der Waals surface area (Å²) in [6.07, 6.45) is 3.66. The van der Waals surface area contributed by atoms with E-state index in [0.717, 1.165) is 18.8 Å². The highest BCUT2D eigenvalue weighted by molar-refractivity contribution is 6.39. The number of amides is 2. The monoisotopic (exact) mass is 355 g/mol. The zero-order valence-electron chi connectivity index (χ0n) is 14.5. The Morgan fingerprint density at radius 2 is 1.62 bits per heavy atom. The van der Waals surface area contributed by atoms with E-state index in [0.29, 0.717) is 11.3 Å². The van der Waals surface area contributed by atoms with Gasteiger partial charge in [0.05, 0.1) is 0 Å². The van der Waals surface area contributed by atoms with Gasteiger partial charge >= 0.3 is 11.8 Å². The second-order valence-corrected chi connectivity index (χ2v) is 6.32. The summed E-state index contributed by atoms with van der Waals surface area (Å²) in [5, 5.41) is 4.98. The lowest BCUT2D eigenvalue weighted by atomic mass is 10.1. The molecular formula is C20H22FN3O2. The summed E-state index contributed by atoms with van der Waals surface area (Å²) in [6.45, 7) is 2.06. The summed E-state index contributed by atoms with van der Waals surface area (Å²) in [4.78, 5) is 26.2. The number of benzene rings is 2. The number of hydrogen-bond acceptors (Lipinski definition) is 3. The Morgan fingerprint density at radius 1 is 0.923 bits per heavy atom. The van der Waals surface area contributed by atoms with E-state index in [1.165, 1.54) is 25.3 Å². The van der Waals surface area contributed by atoms with Crippen LogP contribution in [0.4, 0.5) is 15.8 Å². The molecule has 6 heteroatoms. The minimum atomic E-state index is -0.798. The first-order valence-electron chi connectivity index (χ1n) is 8.81. The average Bonchev–Trinajstić information content (AvgIpc) is 2.68. The topological polar surface area (TPSA) is 61.4 Å². The number of piperidine rings is 1. The Kier molecular flexibility index (Phi) is 5.84. The van der Waals surface area contributed by atoms with Gasteiger partial charge in [-0.1, -0.05) is 18.2 Å². The van der Waals surface area contributed by atoms with E-state index in [4.69, 9.17) is 0 Å². The number of carbonyl (C=O) groups excluding carboxylic acids is 2. The van der Waals surface area contributed by atoms with Crippen LogP contribution in [0, 0.1) is 5.82 Å². The first-order valence-corrected chi connectivity index (χ1v) is 8.81. The molecule has 0 aromatic heterocycles. The van der Waals surface area contributed by atoms with Crippen LogP contribution < -0.4 is 15.5 Å². The molecule has 1 saturated heterocycles. The lowest BCUT2D eigenvalue weighted by Gasteiger charge is -2.28. The predicted octanol–water partition coefficient (Wildman–Crippen LogP) is 3.07. The third-order valence-electron chi connectivity index (χ3n) is 4.45. The Hall–Kier alpha value is -2.89. The minimum absolute atomic E-state index is 0.0349. The Morgan fingerprint density at radius 3 is 2.31 bits per heavy atom. The lowest BCUT2D eigenvalue weighted by molar-refractivity contribution is -0.136. The molecule has 2 aromatic rings. The number of halogens is 1. The molecule has 0 aliphatic carbocycles. The second kappa shape index (κ2) is 8.47. The van der Waals surface area contributed by atoms with E-state index in [1.807, 2.05) is 12.1 Å². The van der Waals surface area contributed by atoms with Gasteiger partial charge in [-0.2, -0.15) is 0 Å². The highest BCUT2D eigenvalue weighted by Gasteiger charge is 2.15. The first-order chi connectivity index (χ1) is 12.6. The zero-order chi connectivity index (χ0) is 18.4. The smallest absolute Gasteiger partial charge is 0.313 e. The van der Waals surface area contributed by atoms with E-state index in [1.54, 1.807) is 30.3 Å². The molecule has 3 rings (SSSR count). The third-order valence-corrected chi connectivity index (χ3v) is 4.45. The van der Waals surface area contributed by atoms with Crippen LogP contribution in [-0.2, 0) is 16.1 Å². The number of nitrogens with zero attached hydrogens (tertiary/aromatic N) is 1. The van der Waals surface area contributed by atoms with Crippen LogP contribution in [0.5, 0.6) is 0 Å². The van der Waals surface area contributed by atoms with Crippen LogP contribution in [0.2, 0.25) is 0 Å². The molecule has 1 aliphatic rings. The van der Waals surface area contributed by atoms with E-state index >= 15 is 0 Å². The highest BCUT2D eigenvalue weighted by atomic mass is 19.1. The van der Waals surface area contributed by atoms with E-state index in [9.17, 15) is 14.0 Å². The summed E-state index contributed by atoms with van der Waals surface area (Å²) < 4.78 is 13.5. The maximum absolute atomic E-state index is 13.5. The number of carbonyl (C=O) groups is 2. The van der Waals surface area contributed by atoms with Crippen molar-refractivity contribution in [3.63, 3.8) is 0 Å². The van der Waals surface area contributed by atoms with Crippen molar-refractivity contribution >= 4 is 23.2 Å². The van der Waals surface area contributed by atoms with Gasteiger partial charge in [-0.25, -0.2) is 4.39 Å². The molecule has 0 bridgehead atoms. The molecule has 0 spiro atoms. The van der Waals surface area contributed by atoms with Crippen molar-refractivity contribution < 1.29 is 14.0 Å². The van der Waals surface area contributed by atoms with Crippen molar-refractivity contribution in [1.82, 2.24) is 5.32 Å². The minimum Gasteiger partial charge on any atom is -0.372 e. The van der Waals surface area contributed by atoms with Gasteiger partial charge < -0.3 is 15.5 Å². The highest BCUT2D eigenvalue weighted by Crippen LogP contribution is 2.21. The number of rotatable bonds is 4. The second-order valence-electron chi connectivity index (χ2n) is 6.32. The Labute approximate surface area is 152 Å². The molecule has 0 saturated carbocycles. The molecule has 0 atom stereocenters. The normalized spacial score (nSPS) is 14.0. The molecule has 1 heterocycles. The van der Waals surface area contributed by atoms with Crippen molar-refractivity contribution in [3.05, 3.63) is 59.9 Å². The van der Waals surface area contributed by atoms with Crippen LogP contribution in [-0.4, -0.2) is 24.9 Å². The summed E-state index contributed by atoms with van der Waals surface area (Å²) in [7, 11) is 0. The molecule has 2 aromatic carbocycles. The molecular weight excluding hydrogens is 333 g/mol. The molecule has 1 aliphatic heterocycles. The molecule has 2 amide bonds. The zero-order valence-corrected chi connectivity index (χ0v) is 14.5. The fraction of sp³-hybridized carbons (Fsp3) is 0.300. The standard InChI is InChI=1S/C20H22FN3O2/c21-18-7-3-2-6-15(18)14-22-19(25)20(26)23-16-8-10-17(11-9-16)24-12-4-1-5-13-24/h2-3,6-11H,1,4-5,12-14H2,(H,22,25)(H,23,26). The van der Waals surface area contributed by atoms with Crippen LogP contribution in [0.1, 0.15) is 24.8 Å². The number of anilines is 2. The Bertz CT molecular complexity index is 771. The van der Waals surface area contributed by atoms with Crippen molar-refractivity contribution in [2.24, 2.45) is 0 Å². The molecule has 1 fully saturated rings. The van der Waals surface area contributed by atoms with Crippen molar-refractivity contribution in [2.75, 3.05) is 23.3 Å². The van der Waals surface area contributed by atoms with Gasteiger partial charge in [0.1, 0.15) is 5.82 Å². The molecule has 0 unspecified atom stereocenters. The molecule has 2 N–H and O–H groups in total. The molecule has 5 nitrogen and oxygen atoms in total. The van der Waals surface area contributed by atoms with Crippen LogP contribution >= 0.6 is 0 Å². The summed E-state index contributed by atoms with van der Waals surface area (Å²) in [5.74, 6) is -1.98. The van der Waals surface area contributed by atoms with Crippen LogP contribution in [0.3, 0.4) is 0 Å². The van der Waals surface area contributed by atoms with Gasteiger partial charge in [-0.15, -0.1) is 0 Å². The number of hydrogen-bond donors (Lipinski definition) is 2. The predicted molar refractivity (Wildman–Crippen MR) is 99.4 cm³/mol. The Balaban J connectivity index is 1.52. The molecule has 136 valence electrons. The SMILES string of the molecule is O=C(NCc1ccccc1F)C(=O)Nc1ccc(N2CCCCC2)cc1. The fourth-order valence-electron chi connectivity index (χ4n) is 2.99. The molecule has 26 heavy (non-hydrogen) atoms. The van der Waals surface area contributed by atoms with Crippen molar-refractivity contribution in [3.8, 4) is 0 Å². The van der Waals surface area contributed by atoms with Gasteiger partial charge in [0.2, 0.25) is 0 Å². The van der Waals surface area contributed by atoms with E-state index in [-0.39, 0.29) is 6.54 Å². The van der Waals surface area contributed by atoms with Crippen LogP contribution in [0.15, 0.2) is 48.5 Å². The van der Waals surface area contributed by atoms with Crippen molar-refractivity contribution in [1.29, 1.82) is 0 Å². The maximum Gasteiger partial charge on any atom is 0.313 e. The summed E-state index contributed by atoms with van der Waals surface area (Å²) >= 11 is 0. The molecule has 0 radical (unpaired) electrons. The van der Waals surface area contributed by atoms with E-state index < -0.39 is 17.6 Å². The lowest BCUT2D eigenvalue weighted by Crippen LogP contribution is -2.35. The third kappa shape index (κ3) is 4.59. The largest absolute Gasteiger partial charge is 0.372 e. The van der Waals surface area contributed by atoms with Crippen molar-refractivity contribution in [2.45, 2.75) is 25.8 Å². The fourth-order valence-corrected chi connectivity index (χ4v) is 2.99. The first kappa shape index (κ1) is 17.9. The average molecular weight is 355 g/mol. The van der Waals surface area contributed by atoms with Gasteiger partial charge in [0.15, 0.2) is 0 Å². The van der Waals surface area contributed by atoms with Gasteiger partial charge in [-0.3, -0.25) is 9.59 Å².